The maximum absolute atomic E-state index is 13.6. The molecule has 0 aliphatic rings. The third-order valence-electron chi connectivity index (χ3n) is 3.24. The van der Waals surface area contributed by atoms with Gasteiger partial charge >= 0.3 is 0 Å². The van der Waals surface area contributed by atoms with E-state index in [-0.39, 0.29) is 11.6 Å². The SMILES string of the molecule is CC(=O)Nc1ccc(NC(C)C(=O)Nc2cc(F)ccc2F)cc1Cl. The molecule has 0 aromatic heterocycles. The number of rotatable bonds is 5. The molecule has 2 aromatic carbocycles. The molecule has 0 radical (unpaired) electrons. The van der Waals surface area contributed by atoms with Crippen molar-refractivity contribution in [3.05, 3.63) is 53.1 Å². The van der Waals surface area contributed by atoms with Crippen molar-refractivity contribution in [3.63, 3.8) is 0 Å². The van der Waals surface area contributed by atoms with Crippen molar-refractivity contribution in [1.82, 2.24) is 0 Å². The standard InChI is InChI=1S/C17H16ClF2N3O2/c1-9(17(25)23-16-7-11(19)3-5-14(16)20)21-12-4-6-15(13(18)8-12)22-10(2)24/h3-9,21H,1-2H3,(H,22,24)(H,23,25). The van der Waals surface area contributed by atoms with E-state index in [1.807, 2.05) is 0 Å². The van der Waals surface area contributed by atoms with Gasteiger partial charge in [-0.3, -0.25) is 9.59 Å². The van der Waals surface area contributed by atoms with Crippen LogP contribution in [0.4, 0.5) is 25.8 Å². The average molecular weight is 368 g/mol. The molecule has 5 nitrogen and oxygen atoms in total. The normalized spacial score (nSPS) is 11.6. The van der Waals surface area contributed by atoms with Crippen LogP contribution < -0.4 is 16.0 Å². The monoisotopic (exact) mass is 367 g/mol. The van der Waals surface area contributed by atoms with Crippen LogP contribution in [0.3, 0.4) is 0 Å². The first kappa shape index (κ1) is 18.7. The largest absolute Gasteiger partial charge is 0.374 e. The molecule has 0 aliphatic carbocycles. The van der Waals surface area contributed by atoms with Gasteiger partial charge in [0.1, 0.15) is 17.7 Å². The molecule has 0 spiro atoms. The van der Waals surface area contributed by atoms with Crippen molar-refractivity contribution in [1.29, 1.82) is 0 Å². The Morgan fingerprint density at radius 3 is 2.40 bits per heavy atom. The van der Waals surface area contributed by atoms with Crippen LogP contribution in [0.5, 0.6) is 0 Å². The first-order chi connectivity index (χ1) is 11.8. The van der Waals surface area contributed by atoms with Crippen LogP contribution in [0.15, 0.2) is 36.4 Å². The molecule has 0 fully saturated rings. The molecule has 132 valence electrons. The molecular weight excluding hydrogens is 352 g/mol. The Morgan fingerprint density at radius 2 is 1.76 bits per heavy atom. The Bertz CT molecular complexity index is 814. The number of benzene rings is 2. The van der Waals surface area contributed by atoms with Gasteiger partial charge in [0.25, 0.3) is 0 Å². The lowest BCUT2D eigenvalue weighted by Gasteiger charge is -2.16. The molecule has 0 bridgehead atoms. The molecule has 2 amide bonds. The average Bonchev–Trinajstić information content (AvgIpc) is 2.53. The molecule has 2 rings (SSSR count). The summed E-state index contributed by atoms with van der Waals surface area (Å²) in [6.45, 7) is 2.92. The summed E-state index contributed by atoms with van der Waals surface area (Å²) in [5, 5.41) is 8.07. The Kier molecular flexibility index (Phi) is 5.93. The van der Waals surface area contributed by atoms with Crippen molar-refractivity contribution in [2.75, 3.05) is 16.0 Å². The predicted molar refractivity (Wildman–Crippen MR) is 93.8 cm³/mol. The summed E-state index contributed by atoms with van der Waals surface area (Å²) < 4.78 is 26.7. The smallest absolute Gasteiger partial charge is 0.246 e. The lowest BCUT2D eigenvalue weighted by molar-refractivity contribution is -0.116. The van der Waals surface area contributed by atoms with Crippen LogP contribution in [0, 0.1) is 11.6 Å². The lowest BCUT2D eigenvalue weighted by atomic mass is 10.2. The number of halogens is 3. The number of nitrogens with one attached hydrogen (secondary N) is 3. The van der Waals surface area contributed by atoms with E-state index in [4.69, 9.17) is 11.6 Å². The molecule has 25 heavy (non-hydrogen) atoms. The fourth-order valence-corrected chi connectivity index (χ4v) is 2.27. The second kappa shape index (κ2) is 7.94. The highest BCUT2D eigenvalue weighted by Crippen LogP contribution is 2.26. The van der Waals surface area contributed by atoms with Crippen LogP contribution in [-0.4, -0.2) is 17.9 Å². The van der Waals surface area contributed by atoms with E-state index < -0.39 is 23.6 Å². The summed E-state index contributed by atoms with van der Waals surface area (Å²) in [6.07, 6.45) is 0. The van der Waals surface area contributed by atoms with E-state index in [9.17, 15) is 18.4 Å². The fourth-order valence-electron chi connectivity index (χ4n) is 2.05. The van der Waals surface area contributed by atoms with Crippen LogP contribution in [0.25, 0.3) is 0 Å². The summed E-state index contributed by atoms with van der Waals surface area (Å²) in [4.78, 5) is 23.2. The van der Waals surface area contributed by atoms with Crippen molar-refractivity contribution >= 4 is 40.5 Å². The quantitative estimate of drug-likeness (QED) is 0.747. The second-order valence-corrected chi connectivity index (χ2v) is 5.76. The van der Waals surface area contributed by atoms with Crippen LogP contribution in [0.2, 0.25) is 5.02 Å². The van der Waals surface area contributed by atoms with Gasteiger partial charge in [-0.1, -0.05) is 11.6 Å². The summed E-state index contributed by atoms with van der Waals surface area (Å²) in [5.74, 6) is -2.19. The molecule has 1 unspecified atom stereocenters. The Labute approximate surface area is 148 Å². The summed E-state index contributed by atoms with van der Waals surface area (Å²) in [6, 6.07) is 6.81. The molecule has 2 aromatic rings. The molecule has 0 aliphatic heterocycles. The molecule has 0 saturated carbocycles. The van der Waals surface area contributed by atoms with Gasteiger partial charge in [0.2, 0.25) is 11.8 Å². The molecule has 8 heteroatoms. The van der Waals surface area contributed by atoms with Crippen molar-refractivity contribution in [3.8, 4) is 0 Å². The van der Waals surface area contributed by atoms with Gasteiger partial charge in [-0.25, -0.2) is 8.78 Å². The molecule has 0 heterocycles. The highest BCUT2D eigenvalue weighted by atomic mass is 35.5. The molecule has 3 N–H and O–H groups in total. The maximum atomic E-state index is 13.6. The van der Waals surface area contributed by atoms with E-state index in [2.05, 4.69) is 16.0 Å². The molecular formula is C17H16ClF2N3O2. The number of carbonyl (C=O) groups excluding carboxylic acids is 2. The van der Waals surface area contributed by atoms with Crippen LogP contribution in [-0.2, 0) is 9.59 Å². The molecule has 1 atom stereocenters. The van der Waals surface area contributed by atoms with Gasteiger partial charge in [0.15, 0.2) is 0 Å². The van der Waals surface area contributed by atoms with E-state index in [1.54, 1.807) is 25.1 Å². The van der Waals surface area contributed by atoms with Gasteiger partial charge in [-0.15, -0.1) is 0 Å². The zero-order chi connectivity index (χ0) is 18.6. The van der Waals surface area contributed by atoms with E-state index in [1.165, 1.54) is 6.92 Å². The van der Waals surface area contributed by atoms with E-state index in [0.29, 0.717) is 16.4 Å². The van der Waals surface area contributed by atoms with Crippen molar-refractivity contribution < 1.29 is 18.4 Å². The van der Waals surface area contributed by atoms with Crippen molar-refractivity contribution in [2.24, 2.45) is 0 Å². The summed E-state index contributed by atoms with van der Waals surface area (Å²) in [5.41, 5.74) is 0.734. The van der Waals surface area contributed by atoms with E-state index in [0.717, 1.165) is 18.2 Å². The predicted octanol–water partition coefficient (Wildman–Crippen LogP) is 4.02. The first-order valence-corrected chi connectivity index (χ1v) is 7.73. The Hall–Kier alpha value is -2.67. The third kappa shape index (κ3) is 5.15. The Morgan fingerprint density at radius 1 is 1.04 bits per heavy atom. The van der Waals surface area contributed by atoms with Crippen LogP contribution >= 0.6 is 11.6 Å². The van der Waals surface area contributed by atoms with Gasteiger partial charge in [-0.2, -0.15) is 0 Å². The van der Waals surface area contributed by atoms with Crippen LogP contribution in [0.1, 0.15) is 13.8 Å². The number of anilines is 3. The fraction of sp³-hybridized carbons (Fsp3) is 0.176. The second-order valence-electron chi connectivity index (χ2n) is 5.36. The zero-order valence-electron chi connectivity index (χ0n) is 13.5. The Balaban J connectivity index is 2.04. The number of carbonyl (C=O) groups is 2. The zero-order valence-corrected chi connectivity index (χ0v) is 14.2. The number of hydrogen-bond acceptors (Lipinski definition) is 3. The first-order valence-electron chi connectivity index (χ1n) is 7.36. The minimum atomic E-state index is -0.745. The topological polar surface area (TPSA) is 70.2 Å². The number of amides is 2. The maximum Gasteiger partial charge on any atom is 0.246 e. The summed E-state index contributed by atoms with van der Waals surface area (Å²) >= 11 is 6.06. The lowest BCUT2D eigenvalue weighted by Crippen LogP contribution is -2.32. The third-order valence-corrected chi connectivity index (χ3v) is 3.56. The van der Waals surface area contributed by atoms with Gasteiger partial charge < -0.3 is 16.0 Å². The minimum absolute atomic E-state index is 0.238. The van der Waals surface area contributed by atoms with Gasteiger partial charge in [-0.05, 0) is 37.3 Å². The van der Waals surface area contributed by atoms with Gasteiger partial charge in [0, 0.05) is 18.7 Å². The van der Waals surface area contributed by atoms with Gasteiger partial charge in [0.05, 0.1) is 16.4 Å². The highest BCUT2D eigenvalue weighted by molar-refractivity contribution is 6.34. The number of hydrogen-bond donors (Lipinski definition) is 3. The van der Waals surface area contributed by atoms with E-state index >= 15 is 0 Å². The van der Waals surface area contributed by atoms with Crippen molar-refractivity contribution in [2.45, 2.75) is 19.9 Å². The summed E-state index contributed by atoms with van der Waals surface area (Å²) in [7, 11) is 0. The highest BCUT2D eigenvalue weighted by Gasteiger charge is 2.16. The minimum Gasteiger partial charge on any atom is -0.374 e. The molecule has 0 saturated heterocycles.